The first-order valence-electron chi connectivity index (χ1n) is 4.19. The van der Waals surface area contributed by atoms with Gasteiger partial charge in [0.05, 0.1) is 6.10 Å². The van der Waals surface area contributed by atoms with Crippen LogP contribution in [0.1, 0.15) is 32.6 Å². The first kappa shape index (κ1) is 8.53. The van der Waals surface area contributed by atoms with Crippen LogP contribution in [0.2, 0.25) is 0 Å². The topological polar surface area (TPSA) is 49.3 Å². The van der Waals surface area contributed by atoms with Gasteiger partial charge in [0.25, 0.3) is 0 Å². The molecule has 0 aromatic carbocycles. The average Bonchev–Trinajstić information content (AvgIpc) is 2.35. The van der Waals surface area contributed by atoms with E-state index in [9.17, 15) is 4.79 Å². The normalized spacial score (nSPS) is 30.4. The summed E-state index contributed by atoms with van der Waals surface area (Å²) in [4.78, 5) is 10.9. The van der Waals surface area contributed by atoms with Crippen molar-refractivity contribution in [2.45, 2.75) is 44.8 Å². The second-order valence-corrected chi connectivity index (χ2v) is 3.08. The molecule has 3 nitrogen and oxygen atoms in total. The summed E-state index contributed by atoms with van der Waals surface area (Å²) in [5.74, 6) is 0.0871. The molecule has 1 amide bonds. The monoisotopic (exact) mass is 157 g/mol. The second kappa shape index (κ2) is 3.72. The van der Waals surface area contributed by atoms with Crippen molar-refractivity contribution in [3.63, 3.8) is 0 Å². The van der Waals surface area contributed by atoms with Gasteiger partial charge in [0.15, 0.2) is 0 Å². The van der Waals surface area contributed by atoms with Gasteiger partial charge in [-0.2, -0.15) is 0 Å². The summed E-state index contributed by atoms with van der Waals surface area (Å²) in [6.45, 7) is 1.83. The number of amides is 1. The van der Waals surface area contributed by atoms with Crippen LogP contribution in [-0.4, -0.2) is 23.2 Å². The molecule has 11 heavy (non-hydrogen) atoms. The SMILES string of the molecule is CCC(=O)N[C@H]1CC[C@H](O)C1. The van der Waals surface area contributed by atoms with E-state index in [0.717, 1.165) is 19.3 Å². The van der Waals surface area contributed by atoms with Crippen LogP contribution in [0.15, 0.2) is 0 Å². The molecule has 1 aliphatic rings. The molecule has 0 unspecified atom stereocenters. The molecule has 64 valence electrons. The fraction of sp³-hybridized carbons (Fsp3) is 0.875. The molecule has 2 N–H and O–H groups in total. The van der Waals surface area contributed by atoms with Crippen LogP contribution in [0.3, 0.4) is 0 Å². The smallest absolute Gasteiger partial charge is 0.219 e. The Bertz CT molecular complexity index is 147. The van der Waals surface area contributed by atoms with Gasteiger partial charge in [-0.1, -0.05) is 6.92 Å². The number of aliphatic hydroxyl groups excluding tert-OH is 1. The number of carbonyl (C=O) groups is 1. The van der Waals surface area contributed by atoms with Crippen LogP contribution in [-0.2, 0) is 4.79 Å². The standard InChI is InChI=1S/C8H15NO2/c1-2-8(11)9-6-3-4-7(10)5-6/h6-7,10H,2-5H2,1H3,(H,9,11)/t6-,7-/m0/s1. The number of hydrogen-bond acceptors (Lipinski definition) is 2. The zero-order valence-corrected chi connectivity index (χ0v) is 6.84. The molecule has 2 atom stereocenters. The lowest BCUT2D eigenvalue weighted by molar-refractivity contribution is -0.121. The minimum absolute atomic E-state index is 0.0871. The molecule has 0 saturated heterocycles. The van der Waals surface area contributed by atoms with Crippen molar-refractivity contribution < 1.29 is 9.90 Å². The molecule has 3 heteroatoms. The van der Waals surface area contributed by atoms with E-state index in [1.165, 1.54) is 0 Å². The van der Waals surface area contributed by atoms with Crippen molar-refractivity contribution in [3.05, 3.63) is 0 Å². The highest BCUT2D eigenvalue weighted by atomic mass is 16.3. The molecule has 0 radical (unpaired) electrons. The van der Waals surface area contributed by atoms with Crippen molar-refractivity contribution in [2.24, 2.45) is 0 Å². The Morgan fingerprint density at radius 1 is 1.64 bits per heavy atom. The van der Waals surface area contributed by atoms with Gasteiger partial charge in [0.1, 0.15) is 0 Å². The van der Waals surface area contributed by atoms with E-state index in [0.29, 0.717) is 6.42 Å². The Kier molecular flexibility index (Phi) is 2.88. The molecule has 0 aromatic heterocycles. The van der Waals surface area contributed by atoms with Gasteiger partial charge in [-0.05, 0) is 19.3 Å². The van der Waals surface area contributed by atoms with Gasteiger partial charge in [-0.15, -0.1) is 0 Å². The lowest BCUT2D eigenvalue weighted by Gasteiger charge is -2.10. The number of aliphatic hydroxyl groups is 1. The van der Waals surface area contributed by atoms with E-state index in [-0.39, 0.29) is 18.1 Å². The number of rotatable bonds is 2. The Morgan fingerprint density at radius 2 is 2.36 bits per heavy atom. The number of carbonyl (C=O) groups excluding carboxylic acids is 1. The third-order valence-electron chi connectivity index (χ3n) is 2.09. The summed E-state index contributed by atoms with van der Waals surface area (Å²) in [6, 6.07) is 0.220. The fourth-order valence-corrected chi connectivity index (χ4v) is 1.42. The van der Waals surface area contributed by atoms with E-state index in [1.807, 2.05) is 6.92 Å². The fourth-order valence-electron chi connectivity index (χ4n) is 1.42. The molecular formula is C8H15NO2. The minimum Gasteiger partial charge on any atom is -0.393 e. The first-order valence-corrected chi connectivity index (χ1v) is 4.19. The summed E-state index contributed by atoms with van der Waals surface area (Å²) >= 11 is 0. The van der Waals surface area contributed by atoms with Crippen LogP contribution in [0.5, 0.6) is 0 Å². The van der Waals surface area contributed by atoms with Crippen molar-refractivity contribution in [1.82, 2.24) is 5.32 Å². The third kappa shape index (κ3) is 2.50. The zero-order chi connectivity index (χ0) is 8.27. The Labute approximate surface area is 66.8 Å². The summed E-state index contributed by atoms with van der Waals surface area (Å²) in [5, 5.41) is 12.0. The molecule has 1 fully saturated rings. The molecule has 0 spiro atoms. The van der Waals surface area contributed by atoms with Crippen LogP contribution in [0.25, 0.3) is 0 Å². The number of nitrogens with one attached hydrogen (secondary N) is 1. The van der Waals surface area contributed by atoms with Crippen molar-refractivity contribution in [3.8, 4) is 0 Å². The highest BCUT2D eigenvalue weighted by Crippen LogP contribution is 2.18. The van der Waals surface area contributed by atoms with Gasteiger partial charge >= 0.3 is 0 Å². The lowest BCUT2D eigenvalue weighted by atomic mass is 10.2. The van der Waals surface area contributed by atoms with Gasteiger partial charge < -0.3 is 10.4 Å². The lowest BCUT2D eigenvalue weighted by Crippen LogP contribution is -2.32. The van der Waals surface area contributed by atoms with E-state index in [2.05, 4.69) is 5.32 Å². The van der Waals surface area contributed by atoms with Crippen molar-refractivity contribution in [2.75, 3.05) is 0 Å². The Hall–Kier alpha value is -0.570. The van der Waals surface area contributed by atoms with E-state index in [1.54, 1.807) is 0 Å². The van der Waals surface area contributed by atoms with Crippen LogP contribution >= 0.6 is 0 Å². The quantitative estimate of drug-likeness (QED) is 0.610. The number of hydrogen-bond donors (Lipinski definition) is 2. The average molecular weight is 157 g/mol. The van der Waals surface area contributed by atoms with Crippen molar-refractivity contribution in [1.29, 1.82) is 0 Å². The maximum atomic E-state index is 10.9. The summed E-state index contributed by atoms with van der Waals surface area (Å²) < 4.78 is 0. The molecule has 1 rings (SSSR count). The molecule has 0 aliphatic heterocycles. The third-order valence-corrected chi connectivity index (χ3v) is 2.09. The predicted molar refractivity (Wildman–Crippen MR) is 42.1 cm³/mol. The maximum Gasteiger partial charge on any atom is 0.219 e. The Morgan fingerprint density at radius 3 is 2.82 bits per heavy atom. The zero-order valence-electron chi connectivity index (χ0n) is 6.84. The van der Waals surface area contributed by atoms with Crippen LogP contribution in [0.4, 0.5) is 0 Å². The molecule has 1 saturated carbocycles. The maximum absolute atomic E-state index is 10.9. The van der Waals surface area contributed by atoms with E-state index in [4.69, 9.17) is 5.11 Å². The Balaban J connectivity index is 2.23. The van der Waals surface area contributed by atoms with Gasteiger partial charge in [-0.3, -0.25) is 4.79 Å². The summed E-state index contributed by atoms with van der Waals surface area (Å²) in [5.41, 5.74) is 0. The molecule has 0 aromatic rings. The van der Waals surface area contributed by atoms with Crippen molar-refractivity contribution >= 4 is 5.91 Å². The van der Waals surface area contributed by atoms with Gasteiger partial charge in [0, 0.05) is 12.5 Å². The van der Waals surface area contributed by atoms with Gasteiger partial charge in [0.2, 0.25) is 5.91 Å². The minimum atomic E-state index is -0.197. The van der Waals surface area contributed by atoms with Crippen LogP contribution in [0, 0.1) is 0 Å². The molecule has 1 aliphatic carbocycles. The summed E-state index contributed by atoms with van der Waals surface area (Å²) in [6.07, 6.45) is 2.82. The van der Waals surface area contributed by atoms with E-state index >= 15 is 0 Å². The van der Waals surface area contributed by atoms with E-state index < -0.39 is 0 Å². The van der Waals surface area contributed by atoms with Gasteiger partial charge in [-0.25, -0.2) is 0 Å². The first-order chi connectivity index (χ1) is 5.22. The van der Waals surface area contributed by atoms with Crippen LogP contribution < -0.4 is 5.32 Å². The molecular weight excluding hydrogens is 142 g/mol. The highest BCUT2D eigenvalue weighted by Gasteiger charge is 2.23. The summed E-state index contributed by atoms with van der Waals surface area (Å²) in [7, 11) is 0. The predicted octanol–water partition coefficient (Wildman–Crippen LogP) is 0.426. The second-order valence-electron chi connectivity index (χ2n) is 3.08. The molecule has 0 bridgehead atoms. The highest BCUT2D eigenvalue weighted by molar-refractivity contribution is 5.75. The molecule has 0 heterocycles. The largest absolute Gasteiger partial charge is 0.393 e.